The minimum Gasteiger partial charge on any atom is -0.481 e. The van der Waals surface area contributed by atoms with Gasteiger partial charge in [-0.25, -0.2) is 0 Å². The number of aliphatic carboxylic acids is 1. The summed E-state index contributed by atoms with van der Waals surface area (Å²) in [7, 11) is 0. The van der Waals surface area contributed by atoms with Gasteiger partial charge in [0, 0.05) is 17.7 Å². The molecule has 3 N–H and O–H groups in total. The fourth-order valence-electron chi connectivity index (χ4n) is 2.02. The van der Waals surface area contributed by atoms with E-state index in [1.54, 1.807) is 43.3 Å². The van der Waals surface area contributed by atoms with Crippen molar-refractivity contribution in [3.05, 3.63) is 70.8 Å². The average molecular weight is 283 g/mol. The zero-order valence-corrected chi connectivity index (χ0v) is 11.7. The third-order valence-corrected chi connectivity index (χ3v) is 3.50. The minimum absolute atomic E-state index is 0.0897. The van der Waals surface area contributed by atoms with Crippen LogP contribution < -0.4 is 5.73 Å². The van der Waals surface area contributed by atoms with Gasteiger partial charge in [-0.3, -0.25) is 9.59 Å². The Balaban J connectivity index is 2.21. The van der Waals surface area contributed by atoms with Gasteiger partial charge in [-0.15, -0.1) is 0 Å². The Hall–Kier alpha value is -2.46. The molecule has 0 heterocycles. The fraction of sp³-hybridized carbons (Fsp3) is 0.176. The summed E-state index contributed by atoms with van der Waals surface area (Å²) < 4.78 is 0. The molecule has 0 aliphatic rings. The van der Waals surface area contributed by atoms with Crippen LogP contribution in [0.3, 0.4) is 0 Å². The van der Waals surface area contributed by atoms with Crippen molar-refractivity contribution >= 4 is 11.8 Å². The third kappa shape index (κ3) is 3.35. The Labute approximate surface area is 123 Å². The van der Waals surface area contributed by atoms with Crippen LogP contribution in [0.2, 0.25) is 0 Å². The average Bonchev–Trinajstić information content (AvgIpc) is 2.53. The van der Waals surface area contributed by atoms with E-state index in [0.29, 0.717) is 23.2 Å². The minimum atomic E-state index is -0.883. The number of carboxylic acid groups (broad SMARTS) is 1. The van der Waals surface area contributed by atoms with Crippen molar-refractivity contribution in [1.29, 1.82) is 0 Å². The summed E-state index contributed by atoms with van der Waals surface area (Å²) >= 11 is 0. The number of hydrogen-bond acceptors (Lipinski definition) is 3. The molecule has 0 bridgehead atoms. The van der Waals surface area contributed by atoms with Crippen molar-refractivity contribution in [2.45, 2.75) is 19.4 Å². The molecule has 0 amide bonds. The second kappa shape index (κ2) is 6.33. The van der Waals surface area contributed by atoms with Crippen LogP contribution >= 0.6 is 0 Å². The fourth-order valence-corrected chi connectivity index (χ4v) is 2.02. The van der Waals surface area contributed by atoms with Crippen molar-refractivity contribution in [3.63, 3.8) is 0 Å². The Morgan fingerprint density at radius 2 is 1.48 bits per heavy atom. The lowest BCUT2D eigenvalue weighted by Gasteiger charge is -2.08. The lowest BCUT2D eigenvalue weighted by Crippen LogP contribution is -2.08. The molecule has 2 aromatic carbocycles. The number of carboxylic acids is 1. The number of hydrogen-bond donors (Lipinski definition) is 2. The third-order valence-electron chi connectivity index (χ3n) is 3.50. The highest BCUT2D eigenvalue weighted by atomic mass is 16.4. The van der Waals surface area contributed by atoms with Crippen molar-refractivity contribution in [2.75, 3.05) is 0 Å². The highest BCUT2D eigenvalue weighted by Gasteiger charge is 2.14. The first-order valence-electron chi connectivity index (χ1n) is 6.69. The van der Waals surface area contributed by atoms with Gasteiger partial charge in [-0.1, -0.05) is 48.5 Å². The van der Waals surface area contributed by atoms with Crippen LogP contribution in [-0.2, 0) is 11.3 Å². The molecule has 0 aliphatic carbocycles. The largest absolute Gasteiger partial charge is 0.481 e. The topological polar surface area (TPSA) is 80.4 Å². The maximum Gasteiger partial charge on any atom is 0.310 e. The van der Waals surface area contributed by atoms with Gasteiger partial charge < -0.3 is 10.8 Å². The van der Waals surface area contributed by atoms with E-state index >= 15 is 0 Å². The lowest BCUT2D eigenvalue weighted by atomic mass is 9.97. The van der Waals surface area contributed by atoms with E-state index < -0.39 is 11.9 Å². The number of benzene rings is 2. The monoisotopic (exact) mass is 283 g/mol. The summed E-state index contributed by atoms with van der Waals surface area (Å²) in [4.78, 5) is 23.2. The van der Waals surface area contributed by atoms with Crippen molar-refractivity contribution in [3.8, 4) is 0 Å². The number of nitrogens with two attached hydrogens (primary N) is 1. The summed E-state index contributed by atoms with van der Waals surface area (Å²) in [5.41, 5.74) is 8.30. The number of rotatable bonds is 5. The Kier molecular flexibility index (Phi) is 4.50. The van der Waals surface area contributed by atoms with Gasteiger partial charge in [-0.2, -0.15) is 0 Å². The first kappa shape index (κ1) is 14.9. The van der Waals surface area contributed by atoms with E-state index in [0.717, 1.165) is 5.56 Å². The molecule has 0 aromatic heterocycles. The molecule has 0 radical (unpaired) electrons. The number of carbonyl (C=O) groups excluding carboxylic acids is 1. The SMILES string of the molecule is CC(C(=O)O)c1ccc(C(=O)c2ccc(CN)cc2)cc1. The zero-order chi connectivity index (χ0) is 15.4. The standard InChI is InChI=1S/C17H17NO3/c1-11(17(20)21)13-6-8-15(9-7-13)16(19)14-4-2-12(10-18)3-5-14/h2-9,11H,10,18H2,1H3,(H,20,21). The van der Waals surface area contributed by atoms with Crippen LogP contribution in [0.15, 0.2) is 48.5 Å². The number of carbonyl (C=O) groups is 2. The van der Waals surface area contributed by atoms with E-state index in [4.69, 9.17) is 10.8 Å². The normalized spacial score (nSPS) is 11.9. The van der Waals surface area contributed by atoms with Crippen molar-refractivity contribution in [2.24, 2.45) is 5.73 Å². The van der Waals surface area contributed by atoms with Crippen molar-refractivity contribution in [1.82, 2.24) is 0 Å². The predicted molar refractivity (Wildman–Crippen MR) is 80.3 cm³/mol. The molecule has 4 heteroatoms. The maximum absolute atomic E-state index is 12.3. The van der Waals surface area contributed by atoms with Gasteiger partial charge in [0.05, 0.1) is 5.92 Å². The predicted octanol–water partition coefficient (Wildman–Crippen LogP) is 2.56. The maximum atomic E-state index is 12.3. The zero-order valence-electron chi connectivity index (χ0n) is 11.7. The van der Waals surface area contributed by atoms with Gasteiger partial charge in [0.15, 0.2) is 5.78 Å². The molecule has 0 saturated heterocycles. The highest BCUT2D eigenvalue weighted by Crippen LogP contribution is 2.18. The first-order valence-corrected chi connectivity index (χ1v) is 6.69. The second-order valence-electron chi connectivity index (χ2n) is 4.91. The molecule has 4 nitrogen and oxygen atoms in total. The van der Waals surface area contributed by atoms with Crippen LogP contribution in [-0.4, -0.2) is 16.9 Å². The van der Waals surface area contributed by atoms with E-state index in [1.807, 2.05) is 12.1 Å². The van der Waals surface area contributed by atoms with Crippen LogP contribution in [0.1, 0.15) is 39.9 Å². The van der Waals surface area contributed by atoms with Gasteiger partial charge in [0.2, 0.25) is 0 Å². The van der Waals surface area contributed by atoms with E-state index in [2.05, 4.69) is 0 Å². The van der Waals surface area contributed by atoms with Crippen LogP contribution in [0, 0.1) is 0 Å². The molecule has 1 atom stereocenters. The Morgan fingerprint density at radius 1 is 1.00 bits per heavy atom. The molecular weight excluding hydrogens is 266 g/mol. The molecule has 2 aromatic rings. The van der Waals surface area contributed by atoms with Crippen LogP contribution in [0.4, 0.5) is 0 Å². The molecule has 21 heavy (non-hydrogen) atoms. The van der Waals surface area contributed by atoms with Gasteiger partial charge >= 0.3 is 5.97 Å². The van der Waals surface area contributed by atoms with Gasteiger partial charge in [0.1, 0.15) is 0 Å². The molecule has 2 rings (SSSR count). The molecule has 0 aliphatic heterocycles. The van der Waals surface area contributed by atoms with Crippen molar-refractivity contribution < 1.29 is 14.7 Å². The van der Waals surface area contributed by atoms with Crippen LogP contribution in [0.25, 0.3) is 0 Å². The van der Waals surface area contributed by atoms with Crippen LogP contribution in [0.5, 0.6) is 0 Å². The first-order chi connectivity index (χ1) is 10.0. The smallest absolute Gasteiger partial charge is 0.310 e. The Bertz CT molecular complexity index is 645. The Morgan fingerprint density at radius 3 is 1.90 bits per heavy atom. The second-order valence-corrected chi connectivity index (χ2v) is 4.91. The van der Waals surface area contributed by atoms with Gasteiger partial charge in [-0.05, 0) is 18.1 Å². The molecule has 108 valence electrons. The summed E-state index contributed by atoms with van der Waals surface area (Å²) in [6.45, 7) is 2.06. The van der Waals surface area contributed by atoms with E-state index in [-0.39, 0.29) is 5.78 Å². The molecule has 1 unspecified atom stereocenters. The number of ketones is 1. The lowest BCUT2D eigenvalue weighted by molar-refractivity contribution is -0.138. The van der Waals surface area contributed by atoms with E-state index in [9.17, 15) is 9.59 Å². The molecular formula is C17H17NO3. The quantitative estimate of drug-likeness (QED) is 0.826. The highest BCUT2D eigenvalue weighted by molar-refractivity contribution is 6.09. The summed E-state index contributed by atoms with van der Waals surface area (Å²) in [5, 5.41) is 8.96. The summed E-state index contributed by atoms with van der Waals surface area (Å²) in [5.74, 6) is -1.56. The molecule has 0 spiro atoms. The molecule has 0 fully saturated rings. The van der Waals surface area contributed by atoms with E-state index in [1.165, 1.54) is 0 Å². The van der Waals surface area contributed by atoms with Gasteiger partial charge in [0.25, 0.3) is 0 Å². The summed E-state index contributed by atoms with van der Waals surface area (Å²) in [6, 6.07) is 13.8. The molecule has 0 saturated carbocycles. The summed E-state index contributed by atoms with van der Waals surface area (Å²) in [6.07, 6.45) is 0.